The molecule has 1 unspecified atom stereocenters. The zero-order valence-corrected chi connectivity index (χ0v) is 50.3. The Kier molecular flexibility index (Phi) is 61.2. The molecule has 76 heavy (non-hydrogen) atoms. The molecular formula is C70H122O6. The summed E-state index contributed by atoms with van der Waals surface area (Å²) >= 11 is 0. The van der Waals surface area contributed by atoms with Crippen LogP contribution >= 0.6 is 0 Å². The Morgan fingerprint density at radius 1 is 0.276 bits per heavy atom. The maximum Gasteiger partial charge on any atom is 0.306 e. The highest BCUT2D eigenvalue weighted by atomic mass is 16.6. The average molecular weight is 1060 g/mol. The molecule has 0 saturated carbocycles. The first-order chi connectivity index (χ1) is 37.5. The minimum Gasteiger partial charge on any atom is -0.462 e. The van der Waals surface area contributed by atoms with Gasteiger partial charge in [-0.1, -0.05) is 273 Å². The lowest BCUT2D eigenvalue weighted by molar-refractivity contribution is -0.167. The highest BCUT2D eigenvalue weighted by Crippen LogP contribution is 2.17. The minimum absolute atomic E-state index is 0.0887. The van der Waals surface area contributed by atoms with Crippen LogP contribution in [0.5, 0.6) is 0 Å². The first kappa shape index (κ1) is 72.6. The molecule has 0 aliphatic carbocycles. The molecule has 0 heterocycles. The van der Waals surface area contributed by atoms with E-state index in [0.717, 1.165) is 103 Å². The van der Waals surface area contributed by atoms with Crippen LogP contribution in [0.3, 0.4) is 0 Å². The second kappa shape index (κ2) is 64.1. The van der Waals surface area contributed by atoms with Crippen molar-refractivity contribution in [3.63, 3.8) is 0 Å². The van der Waals surface area contributed by atoms with Gasteiger partial charge in [0.15, 0.2) is 6.10 Å². The first-order valence-corrected chi connectivity index (χ1v) is 32.6. The van der Waals surface area contributed by atoms with Gasteiger partial charge in [0.2, 0.25) is 0 Å². The number of unbranched alkanes of at least 4 members (excludes halogenated alkanes) is 34. The van der Waals surface area contributed by atoms with E-state index in [1.807, 2.05) is 0 Å². The van der Waals surface area contributed by atoms with E-state index in [2.05, 4.69) is 106 Å². The highest BCUT2D eigenvalue weighted by molar-refractivity contribution is 5.71. The Hall–Kier alpha value is -3.41. The number of allylic oxidation sites excluding steroid dienone is 14. The largest absolute Gasteiger partial charge is 0.462 e. The maximum atomic E-state index is 12.8. The maximum absolute atomic E-state index is 12.8. The summed E-state index contributed by atoms with van der Waals surface area (Å²) in [5, 5.41) is 0. The van der Waals surface area contributed by atoms with E-state index in [4.69, 9.17) is 14.2 Å². The van der Waals surface area contributed by atoms with Gasteiger partial charge in [0, 0.05) is 19.3 Å². The smallest absolute Gasteiger partial charge is 0.306 e. The topological polar surface area (TPSA) is 78.9 Å². The molecule has 0 radical (unpaired) electrons. The molecule has 0 fully saturated rings. The van der Waals surface area contributed by atoms with Crippen LogP contribution in [-0.2, 0) is 28.6 Å². The van der Waals surface area contributed by atoms with Crippen molar-refractivity contribution in [3.8, 4) is 0 Å². The van der Waals surface area contributed by atoms with Gasteiger partial charge in [0.25, 0.3) is 0 Å². The number of hydrogen-bond acceptors (Lipinski definition) is 6. The van der Waals surface area contributed by atoms with Gasteiger partial charge in [0.05, 0.1) is 0 Å². The number of rotatable bonds is 59. The van der Waals surface area contributed by atoms with Crippen molar-refractivity contribution in [1.29, 1.82) is 0 Å². The van der Waals surface area contributed by atoms with E-state index in [1.54, 1.807) is 0 Å². The fourth-order valence-electron chi connectivity index (χ4n) is 9.23. The van der Waals surface area contributed by atoms with E-state index in [0.29, 0.717) is 19.3 Å². The van der Waals surface area contributed by atoms with Gasteiger partial charge in [-0.25, -0.2) is 0 Å². The predicted octanol–water partition coefficient (Wildman–Crippen LogP) is 22.3. The SMILES string of the molecule is CC/C=C\C/C=C\C/C=C\CCCCCC(=O)OC(COC(=O)CCCCCCC/C=C\CCCCC)COC(=O)CCCCCCCCCCCCCCCCCCCC/C=C\C/C=C\C/C=C\CCCCCCC. The summed E-state index contributed by atoms with van der Waals surface area (Å²) in [5.41, 5.74) is 0. The molecule has 438 valence electrons. The molecule has 0 aliphatic heterocycles. The fraction of sp³-hybridized carbons (Fsp3) is 0.757. The Morgan fingerprint density at radius 3 is 0.855 bits per heavy atom. The molecule has 0 amide bonds. The quantitative estimate of drug-likeness (QED) is 0.0261. The number of carbonyl (C=O) groups excluding carboxylic acids is 3. The first-order valence-electron chi connectivity index (χ1n) is 32.6. The van der Waals surface area contributed by atoms with E-state index >= 15 is 0 Å². The molecule has 0 N–H and O–H groups in total. The van der Waals surface area contributed by atoms with Crippen LogP contribution in [0.15, 0.2) is 85.1 Å². The zero-order chi connectivity index (χ0) is 55.0. The van der Waals surface area contributed by atoms with Crippen molar-refractivity contribution in [1.82, 2.24) is 0 Å². The van der Waals surface area contributed by atoms with E-state index in [-0.39, 0.29) is 31.1 Å². The molecule has 6 nitrogen and oxygen atoms in total. The molecule has 0 aromatic rings. The third kappa shape index (κ3) is 61.4. The number of hydrogen-bond donors (Lipinski definition) is 0. The van der Waals surface area contributed by atoms with Gasteiger partial charge in [-0.15, -0.1) is 0 Å². The van der Waals surface area contributed by atoms with Gasteiger partial charge in [-0.3, -0.25) is 14.4 Å². The second-order valence-electron chi connectivity index (χ2n) is 21.6. The van der Waals surface area contributed by atoms with Crippen LogP contribution in [0.2, 0.25) is 0 Å². The number of esters is 3. The van der Waals surface area contributed by atoms with E-state index < -0.39 is 6.10 Å². The van der Waals surface area contributed by atoms with E-state index in [1.165, 1.54) is 180 Å². The summed E-state index contributed by atoms with van der Waals surface area (Å²) in [5.74, 6) is -0.919. The Labute approximate surface area is 471 Å². The molecule has 0 rings (SSSR count). The third-order valence-corrected chi connectivity index (χ3v) is 14.1. The molecule has 0 saturated heterocycles. The second-order valence-corrected chi connectivity index (χ2v) is 21.6. The summed E-state index contributed by atoms with van der Waals surface area (Å²) in [6, 6.07) is 0. The van der Waals surface area contributed by atoms with Crippen molar-refractivity contribution in [2.24, 2.45) is 0 Å². The normalized spacial score (nSPS) is 12.6. The highest BCUT2D eigenvalue weighted by Gasteiger charge is 2.19. The van der Waals surface area contributed by atoms with Crippen molar-refractivity contribution in [2.45, 2.75) is 329 Å². The van der Waals surface area contributed by atoms with Crippen LogP contribution in [0, 0.1) is 0 Å². The van der Waals surface area contributed by atoms with Crippen LogP contribution in [-0.4, -0.2) is 37.2 Å². The van der Waals surface area contributed by atoms with Crippen LogP contribution in [0.1, 0.15) is 323 Å². The summed E-state index contributed by atoms with van der Waals surface area (Å²) in [6.07, 6.45) is 84.8. The van der Waals surface area contributed by atoms with Crippen molar-refractivity contribution >= 4 is 17.9 Å². The van der Waals surface area contributed by atoms with Crippen LogP contribution < -0.4 is 0 Å². The summed E-state index contributed by atoms with van der Waals surface area (Å²) in [7, 11) is 0. The molecule has 6 heteroatoms. The Morgan fingerprint density at radius 2 is 0.513 bits per heavy atom. The van der Waals surface area contributed by atoms with Crippen molar-refractivity contribution < 1.29 is 28.6 Å². The molecule has 1 atom stereocenters. The molecule has 0 aromatic heterocycles. The zero-order valence-electron chi connectivity index (χ0n) is 50.3. The van der Waals surface area contributed by atoms with E-state index in [9.17, 15) is 14.4 Å². The standard InChI is InChI=1S/C70H122O6/c1-4-7-10-13-16-19-22-25-26-27-28-29-30-31-32-33-34-35-36-37-38-39-40-41-42-43-44-46-48-51-54-57-60-63-69(72)75-66-67(65-74-68(71)62-59-56-53-50-47-24-21-18-15-12-9-6-3)76-70(73)64-61-58-55-52-49-45-23-20-17-14-11-8-5-2/h8,11,17-18,20-22,25,27-28,30-31,45,49,67H,4-7,9-10,12-16,19,23-24,26,29,32-44,46-48,50-66H2,1-3H3/b11-8-,20-17-,21-18-,25-22-,28-27-,31-30-,49-45-. The predicted molar refractivity (Wildman–Crippen MR) is 330 cm³/mol. The van der Waals surface area contributed by atoms with Crippen LogP contribution in [0.25, 0.3) is 0 Å². The van der Waals surface area contributed by atoms with Gasteiger partial charge < -0.3 is 14.2 Å². The fourth-order valence-corrected chi connectivity index (χ4v) is 9.23. The minimum atomic E-state index is -0.794. The summed E-state index contributed by atoms with van der Waals surface area (Å²) in [4.78, 5) is 38.2. The van der Waals surface area contributed by atoms with Crippen LogP contribution in [0.4, 0.5) is 0 Å². The Bertz CT molecular complexity index is 1450. The molecule has 0 aromatic carbocycles. The van der Waals surface area contributed by atoms with Gasteiger partial charge >= 0.3 is 17.9 Å². The van der Waals surface area contributed by atoms with Gasteiger partial charge in [-0.05, 0) is 116 Å². The average Bonchev–Trinajstić information content (AvgIpc) is 3.42. The molecular weight excluding hydrogens is 937 g/mol. The van der Waals surface area contributed by atoms with Gasteiger partial charge in [0.1, 0.15) is 13.2 Å². The summed E-state index contributed by atoms with van der Waals surface area (Å²) < 4.78 is 16.8. The summed E-state index contributed by atoms with van der Waals surface area (Å²) in [6.45, 7) is 6.48. The lowest BCUT2D eigenvalue weighted by atomic mass is 10.0. The molecule has 0 spiro atoms. The Balaban J connectivity index is 4.10. The lowest BCUT2D eigenvalue weighted by Crippen LogP contribution is -2.30. The van der Waals surface area contributed by atoms with Crippen molar-refractivity contribution in [2.75, 3.05) is 13.2 Å². The van der Waals surface area contributed by atoms with Gasteiger partial charge in [-0.2, -0.15) is 0 Å². The molecule has 0 aliphatic rings. The third-order valence-electron chi connectivity index (χ3n) is 14.1. The molecule has 0 bridgehead atoms. The number of carbonyl (C=O) groups is 3. The monoisotopic (exact) mass is 1060 g/mol. The lowest BCUT2D eigenvalue weighted by Gasteiger charge is -2.18. The van der Waals surface area contributed by atoms with Crippen molar-refractivity contribution in [3.05, 3.63) is 85.1 Å². The number of ether oxygens (including phenoxy) is 3.